The number of fused-ring (bicyclic) bond motifs is 6. The summed E-state index contributed by atoms with van der Waals surface area (Å²) in [4.78, 5) is 31.2. The second kappa shape index (κ2) is 34.6. The van der Waals surface area contributed by atoms with E-state index in [1.54, 1.807) is 0 Å². The van der Waals surface area contributed by atoms with Crippen molar-refractivity contribution in [3.63, 3.8) is 0 Å². The van der Waals surface area contributed by atoms with E-state index in [-0.39, 0.29) is 0 Å². The minimum atomic E-state index is 0.530. The van der Waals surface area contributed by atoms with E-state index in [4.69, 9.17) is 9.72 Å². The average Bonchev–Trinajstić information content (AvgIpc) is 1.76. The van der Waals surface area contributed by atoms with E-state index in [0.29, 0.717) is 71.8 Å². The van der Waals surface area contributed by atoms with Gasteiger partial charge >= 0.3 is 0 Å². The number of aromatic nitrogens is 6. The van der Waals surface area contributed by atoms with Crippen molar-refractivity contribution in [3.8, 4) is 5.75 Å². The summed E-state index contributed by atoms with van der Waals surface area (Å²) in [7, 11) is 2.19. The van der Waals surface area contributed by atoms with Gasteiger partial charge in [-0.25, -0.2) is 15.0 Å². The van der Waals surface area contributed by atoms with E-state index in [1.807, 2.05) is 12.7 Å². The Hall–Kier alpha value is -5.83. The van der Waals surface area contributed by atoms with Gasteiger partial charge in [-0.3, -0.25) is 14.7 Å². The third-order valence-corrected chi connectivity index (χ3v) is 20.4. The molecule has 95 heavy (non-hydrogen) atoms. The van der Waals surface area contributed by atoms with Gasteiger partial charge in [-0.1, -0.05) is 107 Å². The molecule has 0 fully saturated rings. The van der Waals surface area contributed by atoms with E-state index >= 15 is 0 Å². The Balaban J connectivity index is 0.000000161. The molecule has 0 saturated heterocycles. The van der Waals surface area contributed by atoms with Crippen molar-refractivity contribution in [1.82, 2.24) is 43.4 Å². The van der Waals surface area contributed by atoms with Crippen LogP contribution in [0.2, 0.25) is 0 Å². The number of ether oxygens (including phenoxy) is 1. The molecule has 528 valence electrons. The molecule has 6 aliphatic rings. The molecule has 0 N–H and O–H groups in total. The normalized spacial score (nSPS) is 16.4. The Morgan fingerprint density at radius 3 is 1.28 bits per heavy atom. The van der Waals surface area contributed by atoms with Crippen LogP contribution in [0.4, 0.5) is 22.7 Å². The van der Waals surface area contributed by atoms with Gasteiger partial charge in [-0.15, -0.1) is 0 Å². The number of aryl methyl sites for hydroxylation is 2. The second-order valence-electron chi connectivity index (χ2n) is 31.4. The number of benzene rings is 3. The molecular weight excluding hydrogens is 1170 g/mol. The minimum Gasteiger partial charge on any atom is -0.490 e. The Bertz CT molecular complexity index is 3170. The van der Waals surface area contributed by atoms with Crippen LogP contribution in [0.3, 0.4) is 0 Å². The van der Waals surface area contributed by atoms with Gasteiger partial charge in [-0.2, -0.15) is 0 Å². The van der Waals surface area contributed by atoms with Crippen molar-refractivity contribution in [2.24, 2.45) is 0 Å². The number of nitrogens with zero attached hydrogens (tertiary/aromatic N) is 13. The standard InChI is InChI=1S/C15H24N2.C15H23N.C14H21NO.C13H23N3.2C12H21N3/c1-11(2)13-6-7-14-15(10-13)17(12(3)4)9-8-16(14)5;1-11(2)14-8-7-13-6-5-9-16(12(3)4)15(13)10-14;1-10(2)12-5-6-14-13(9-12)15(11(3)4)7-8-16-14;1-9(2)13-12-8-15(10(3)4)6-7-16(12)11(5)14-13;2*1-9(2)12-11-7-14(10(3)4)5-6-15(11)8-13-12/h6-7,10-12H,8-9H2,1-5H3;7-8,10-12H,5-6,9H2,1-4H3;5-6,9-11H,7-8H2,1-4H3;9-10H,6-8H2,1-5H3;2*8-10H,5-7H2,1-4H3. The molecular formula is C81H133N13O. The van der Waals surface area contributed by atoms with E-state index in [0.717, 1.165) is 90.9 Å². The number of rotatable bonds is 12. The molecule has 9 heterocycles. The first-order valence-corrected chi connectivity index (χ1v) is 37.3. The van der Waals surface area contributed by atoms with Gasteiger partial charge in [0.05, 0.1) is 70.4 Å². The quantitative estimate of drug-likeness (QED) is 0.117. The van der Waals surface area contributed by atoms with Crippen LogP contribution in [0, 0.1) is 6.92 Å². The first kappa shape index (κ1) is 76.5. The summed E-state index contributed by atoms with van der Waals surface area (Å²) in [6.45, 7) is 71.3. The van der Waals surface area contributed by atoms with Crippen molar-refractivity contribution >= 4 is 22.7 Å². The highest BCUT2D eigenvalue weighted by Crippen LogP contribution is 2.38. The van der Waals surface area contributed by atoms with Gasteiger partial charge in [-0.05, 0) is 191 Å². The number of likely N-dealkylation sites (N-methyl/N-ethyl adjacent to an activating group) is 1. The summed E-state index contributed by atoms with van der Waals surface area (Å²) in [5, 5.41) is 0. The fraction of sp³-hybridized carbons (Fsp3) is 0.667. The molecule has 14 nitrogen and oxygen atoms in total. The molecule has 12 rings (SSSR count). The zero-order valence-electron chi connectivity index (χ0n) is 64.8. The van der Waals surface area contributed by atoms with Gasteiger partial charge < -0.3 is 38.0 Å². The third kappa shape index (κ3) is 19.5. The molecule has 0 aliphatic carbocycles. The molecule has 6 aliphatic heterocycles. The van der Waals surface area contributed by atoms with Crippen molar-refractivity contribution < 1.29 is 4.74 Å². The SMILES string of the molecule is CC(C)c1ccc2c(c1)N(C(C)C)CCC2.CC(C)c1ccc2c(c1)N(C(C)C)CCN2C.CC(C)c1ccc2c(c1)N(C(C)C)CCO2.CC(C)c1ncn2c1CN(C(C)C)CC2.CC(C)c1ncn2c1CN(C(C)C)CC2.Cc1nc(C(C)C)c2n1CCN(C(C)C)C2. The second-order valence-corrected chi connectivity index (χ2v) is 31.4. The van der Waals surface area contributed by atoms with E-state index in [9.17, 15) is 0 Å². The van der Waals surface area contributed by atoms with Crippen molar-refractivity contribution in [2.45, 2.75) is 297 Å². The summed E-state index contributed by atoms with van der Waals surface area (Å²) in [6, 6.07) is 24.1. The van der Waals surface area contributed by atoms with E-state index in [1.165, 1.54) is 104 Å². The highest BCUT2D eigenvalue weighted by Gasteiger charge is 2.29. The molecule has 0 radical (unpaired) electrons. The topological polar surface area (TPSA) is 85.4 Å². The molecule has 0 spiro atoms. The summed E-state index contributed by atoms with van der Waals surface area (Å²) in [5.74, 6) is 5.61. The number of hydrogen-bond acceptors (Lipinski definition) is 11. The highest BCUT2D eigenvalue weighted by molar-refractivity contribution is 5.74. The number of hydrogen-bond donors (Lipinski definition) is 0. The molecule has 0 saturated carbocycles. The molecule has 0 unspecified atom stereocenters. The van der Waals surface area contributed by atoms with Crippen LogP contribution in [0.1, 0.15) is 270 Å². The predicted molar refractivity (Wildman–Crippen MR) is 406 cm³/mol. The minimum absolute atomic E-state index is 0.530. The van der Waals surface area contributed by atoms with Crippen LogP contribution in [0.25, 0.3) is 0 Å². The zero-order valence-corrected chi connectivity index (χ0v) is 64.8. The van der Waals surface area contributed by atoms with Gasteiger partial charge in [0.2, 0.25) is 0 Å². The zero-order chi connectivity index (χ0) is 69.9. The average molecular weight is 1310 g/mol. The first-order valence-electron chi connectivity index (χ1n) is 37.3. The van der Waals surface area contributed by atoms with Crippen LogP contribution < -0.4 is 24.3 Å². The van der Waals surface area contributed by atoms with E-state index in [2.05, 4.69) is 293 Å². The lowest BCUT2D eigenvalue weighted by atomic mass is 9.94. The number of imidazole rings is 3. The van der Waals surface area contributed by atoms with E-state index < -0.39 is 0 Å². The lowest BCUT2D eigenvalue weighted by Gasteiger charge is -2.40. The summed E-state index contributed by atoms with van der Waals surface area (Å²) in [5.41, 5.74) is 19.5. The van der Waals surface area contributed by atoms with Crippen LogP contribution in [-0.4, -0.2) is 139 Å². The monoisotopic (exact) mass is 1300 g/mol. The maximum Gasteiger partial charge on any atom is 0.142 e. The molecule has 14 heteroatoms. The lowest BCUT2D eigenvalue weighted by molar-refractivity contribution is 0.175. The lowest BCUT2D eigenvalue weighted by Crippen LogP contribution is -2.42. The van der Waals surface area contributed by atoms with Crippen LogP contribution in [-0.2, 0) is 45.7 Å². The maximum absolute atomic E-state index is 5.70. The molecule has 0 amide bonds. The first-order chi connectivity index (χ1) is 44.9. The van der Waals surface area contributed by atoms with Gasteiger partial charge in [0.25, 0.3) is 0 Å². The van der Waals surface area contributed by atoms with Crippen LogP contribution in [0.15, 0.2) is 67.3 Å². The van der Waals surface area contributed by atoms with Gasteiger partial charge in [0.15, 0.2) is 0 Å². The highest BCUT2D eigenvalue weighted by atomic mass is 16.5. The molecule has 3 aromatic heterocycles. The predicted octanol–water partition coefficient (Wildman–Crippen LogP) is 17.9. The Morgan fingerprint density at radius 1 is 0.379 bits per heavy atom. The Labute approximate surface area is 579 Å². The number of anilines is 4. The molecule has 3 aromatic carbocycles. The fourth-order valence-electron chi connectivity index (χ4n) is 14.1. The molecule has 0 bridgehead atoms. The molecule has 0 atom stereocenters. The third-order valence-electron chi connectivity index (χ3n) is 20.4. The van der Waals surface area contributed by atoms with Crippen LogP contribution >= 0.6 is 0 Å². The summed E-state index contributed by atoms with van der Waals surface area (Å²) >= 11 is 0. The van der Waals surface area contributed by atoms with Crippen molar-refractivity contribution in [3.05, 3.63) is 129 Å². The molecule has 6 aromatic rings. The van der Waals surface area contributed by atoms with Crippen molar-refractivity contribution in [2.75, 3.05) is 79.1 Å². The maximum atomic E-state index is 5.70. The Kier molecular flexibility index (Phi) is 27.9. The van der Waals surface area contributed by atoms with Gasteiger partial charge in [0, 0.05) is 128 Å². The smallest absolute Gasteiger partial charge is 0.142 e. The largest absolute Gasteiger partial charge is 0.490 e. The Morgan fingerprint density at radius 2 is 0.811 bits per heavy atom. The van der Waals surface area contributed by atoms with Crippen LogP contribution in [0.5, 0.6) is 5.75 Å². The van der Waals surface area contributed by atoms with Gasteiger partial charge in [0.1, 0.15) is 18.2 Å². The van der Waals surface area contributed by atoms with Crippen molar-refractivity contribution in [1.29, 1.82) is 0 Å². The summed E-state index contributed by atoms with van der Waals surface area (Å²) < 4.78 is 12.7. The summed E-state index contributed by atoms with van der Waals surface area (Å²) in [6.07, 6.45) is 6.55. The fourth-order valence-corrected chi connectivity index (χ4v) is 14.1.